The Morgan fingerprint density at radius 1 is 1.17 bits per heavy atom. The summed E-state index contributed by atoms with van der Waals surface area (Å²) in [4.78, 5) is 24.1. The highest BCUT2D eigenvalue weighted by Gasteiger charge is 2.26. The van der Waals surface area contributed by atoms with E-state index in [4.69, 9.17) is 0 Å². The first-order chi connectivity index (χ1) is 11.1. The third-order valence-corrected chi connectivity index (χ3v) is 3.76. The second-order valence-electron chi connectivity index (χ2n) is 8.17. The fourth-order valence-electron chi connectivity index (χ4n) is 3.36. The van der Waals surface area contributed by atoms with Gasteiger partial charge in [-0.3, -0.25) is 14.3 Å². The molecule has 1 N–H and O–H groups in total. The summed E-state index contributed by atoms with van der Waals surface area (Å²) in [5.41, 5.74) is 0.547. The summed E-state index contributed by atoms with van der Waals surface area (Å²) in [6, 6.07) is 7.33. The number of hydrogen-bond acceptors (Lipinski definition) is 3. The molecule has 0 radical (unpaired) electrons. The summed E-state index contributed by atoms with van der Waals surface area (Å²) in [5, 5.41) is 7.89. The standard InChI is InChI=1S/C19H27N3O2/c1-18(2,3)13-19(4,5)21-17(24)10-11-22-15-9-7-6-8-14(15)16(23)12-20-22/h6-9,12H,10-11,13H2,1-5H3,(H,21,24). The maximum atomic E-state index is 12.3. The van der Waals surface area contributed by atoms with Crippen LogP contribution in [-0.4, -0.2) is 21.2 Å². The number of rotatable bonds is 5. The molecule has 0 bridgehead atoms. The summed E-state index contributed by atoms with van der Waals surface area (Å²) in [7, 11) is 0. The van der Waals surface area contributed by atoms with Gasteiger partial charge in [-0.1, -0.05) is 32.9 Å². The summed E-state index contributed by atoms with van der Waals surface area (Å²) in [5.74, 6) is -0.00571. The third kappa shape index (κ3) is 4.91. The smallest absolute Gasteiger partial charge is 0.222 e. The van der Waals surface area contributed by atoms with E-state index in [1.807, 2.05) is 32.0 Å². The van der Waals surface area contributed by atoms with Crippen molar-refractivity contribution in [3.05, 3.63) is 40.7 Å². The molecule has 0 saturated heterocycles. The number of aryl methyl sites for hydroxylation is 1. The molecule has 0 fully saturated rings. The van der Waals surface area contributed by atoms with E-state index in [2.05, 4.69) is 31.2 Å². The number of fused-ring (bicyclic) bond motifs is 1. The monoisotopic (exact) mass is 329 g/mol. The van der Waals surface area contributed by atoms with Crippen LogP contribution >= 0.6 is 0 Å². The zero-order chi connectivity index (χ0) is 18.0. The van der Waals surface area contributed by atoms with Crippen molar-refractivity contribution in [3.8, 4) is 0 Å². The largest absolute Gasteiger partial charge is 0.351 e. The van der Waals surface area contributed by atoms with Gasteiger partial charge in [0.05, 0.1) is 18.3 Å². The van der Waals surface area contributed by atoms with E-state index in [-0.39, 0.29) is 22.3 Å². The van der Waals surface area contributed by atoms with E-state index in [1.54, 1.807) is 10.7 Å². The summed E-state index contributed by atoms with van der Waals surface area (Å²) in [6.45, 7) is 11.0. The zero-order valence-electron chi connectivity index (χ0n) is 15.2. The molecule has 2 rings (SSSR count). The molecule has 0 atom stereocenters. The molecule has 1 heterocycles. The predicted octanol–water partition coefficient (Wildman–Crippen LogP) is 3.12. The van der Waals surface area contributed by atoms with Crippen molar-refractivity contribution < 1.29 is 4.79 Å². The number of amides is 1. The van der Waals surface area contributed by atoms with Crippen molar-refractivity contribution in [1.29, 1.82) is 0 Å². The Kier molecular flexibility index (Phi) is 5.11. The van der Waals surface area contributed by atoms with Crippen LogP contribution in [0.4, 0.5) is 0 Å². The van der Waals surface area contributed by atoms with Gasteiger partial charge in [0.2, 0.25) is 11.3 Å². The van der Waals surface area contributed by atoms with Crippen molar-refractivity contribution in [2.45, 2.75) is 59.5 Å². The highest BCUT2D eigenvalue weighted by Crippen LogP contribution is 2.26. The number of aromatic nitrogens is 2. The highest BCUT2D eigenvalue weighted by molar-refractivity contribution is 5.79. The lowest BCUT2D eigenvalue weighted by molar-refractivity contribution is -0.123. The molecular formula is C19H27N3O2. The van der Waals surface area contributed by atoms with Crippen LogP contribution in [-0.2, 0) is 11.3 Å². The predicted molar refractivity (Wildman–Crippen MR) is 96.9 cm³/mol. The van der Waals surface area contributed by atoms with Crippen LogP contribution in [0.2, 0.25) is 0 Å². The maximum absolute atomic E-state index is 12.3. The Labute approximate surface area is 143 Å². The first-order valence-corrected chi connectivity index (χ1v) is 8.33. The zero-order valence-corrected chi connectivity index (χ0v) is 15.2. The molecule has 0 aliphatic rings. The van der Waals surface area contributed by atoms with Crippen LogP contribution < -0.4 is 10.7 Å². The van der Waals surface area contributed by atoms with Gasteiger partial charge in [0, 0.05) is 17.3 Å². The topological polar surface area (TPSA) is 64.0 Å². The molecule has 2 aromatic rings. The van der Waals surface area contributed by atoms with Crippen molar-refractivity contribution in [3.63, 3.8) is 0 Å². The molecule has 1 aromatic carbocycles. The summed E-state index contributed by atoms with van der Waals surface area (Å²) < 4.78 is 1.72. The van der Waals surface area contributed by atoms with Crippen LogP contribution in [0.1, 0.15) is 47.5 Å². The first kappa shape index (κ1) is 18.2. The Bertz CT molecular complexity index is 785. The molecule has 130 valence electrons. The van der Waals surface area contributed by atoms with Crippen molar-refractivity contribution in [2.24, 2.45) is 5.41 Å². The van der Waals surface area contributed by atoms with Gasteiger partial charge in [-0.05, 0) is 37.8 Å². The van der Waals surface area contributed by atoms with E-state index in [1.165, 1.54) is 6.20 Å². The molecule has 5 heteroatoms. The number of nitrogens with zero attached hydrogens (tertiary/aromatic N) is 2. The van der Waals surface area contributed by atoms with E-state index in [0.717, 1.165) is 11.9 Å². The summed E-state index contributed by atoms with van der Waals surface area (Å²) in [6.07, 6.45) is 2.53. The lowest BCUT2D eigenvalue weighted by Gasteiger charge is -2.33. The molecule has 1 amide bonds. The number of para-hydroxylation sites is 1. The Balaban J connectivity index is 2.05. The lowest BCUT2D eigenvalue weighted by Crippen LogP contribution is -2.46. The molecule has 24 heavy (non-hydrogen) atoms. The van der Waals surface area contributed by atoms with Crippen LogP contribution in [0.3, 0.4) is 0 Å². The quantitative estimate of drug-likeness (QED) is 0.916. The van der Waals surface area contributed by atoms with Crippen molar-refractivity contribution >= 4 is 16.8 Å². The number of carbonyl (C=O) groups is 1. The minimum Gasteiger partial charge on any atom is -0.351 e. The van der Waals surface area contributed by atoms with Crippen LogP contribution in [0.15, 0.2) is 35.3 Å². The van der Waals surface area contributed by atoms with Crippen LogP contribution in [0, 0.1) is 5.41 Å². The van der Waals surface area contributed by atoms with Crippen molar-refractivity contribution in [2.75, 3.05) is 0 Å². The number of nitrogens with one attached hydrogen (secondary N) is 1. The molecule has 0 saturated carbocycles. The minimum absolute atomic E-state index is 0.00571. The van der Waals surface area contributed by atoms with Gasteiger partial charge in [0.15, 0.2) is 0 Å². The second-order valence-corrected chi connectivity index (χ2v) is 8.17. The Morgan fingerprint density at radius 3 is 2.50 bits per heavy atom. The lowest BCUT2D eigenvalue weighted by atomic mass is 9.82. The van der Waals surface area contributed by atoms with Gasteiger partial charge in [-0.2, -0.15) is 5.10 Å². The molecule has 5 nitrogen and oxygen atoms in total. The Hall–Kier alpha value is -2.17. The van der Waals surface area contributed by atoms with Gasteiger partial charge in [0.25, 0.3) is 0 Å². The maximum Gasteiger partial charge on any atom is 0.222 e. The van der Waals surface area contributed by atoms with Gasteiger partial charge in [0.1, 0.15) is 0 Å². The molecular weight excluding hydrogens is 302 g/mol. The van der Waals surface area contributed by atoms with E-state index in [9.17, 15) is 9.59 Å². The highest BCUT2D eigenvalue weighted by atomic mass is 16.1. The second kappa shape index (κ2) is 6.75. The van der Waals surface area contributed by atoms with Gasteiger partial charge in [-0.15, -0.1) is 0 Å². The average Bonchev–Trinajstić information content (AvgIpc) is 2.43. The van der Waals surface area contributed by atoms with Gasteiger partial charge >= 0.3 is 0 Å². The van der Waals surface area contributed by atoms with E-state index >= 15 is 0 Å². The first-order valence-electron chi connectivity index (χ1n) is 8.33. The van der Waals surface area contributed by atoms with Gasteiger partial charge < -0.3 is 5.32 Å². The fourth-order valence-corrected chi connectivity index (χ4v) is 3.36. The molecule has 0 unspecified atom stereocenters. The van der Waals surface area contributed by atoms with E-state index in [0.29, 0.717) is 18.4 Å². The average molecular weight is 329 g/mol. The van der Waals surface area contributed by atoms with E-state index < -0.39 is 0 Å². The van der Waals surface area contributed by atoms with Crippen LogP contribution in [0.5, 0.6) is 0 Å². The molecule has 0 spiro atoms. The van der Waals surface area contributed by atoms with Gasteiger partial charge in [-0.25, -0.2) is 0 Å². The van der Waals surface area contributed by atoms with Crippen molar-refractivity contribution in [1.82, 2.24) is 15.1 Å². The summed E-state index contributed by atoms with van der Waals surface area (Å²) >= 11 is 0. The fraction of sp³-hybridized carbons (Fsp3) is 0.526. The molecule has 1 aromatic heterocycles. The molecule has 0 aliphatic heterocycles. The minimum atomic E-state index is -0.256. The third-order valence-electron chi connectivity index (χ3n) is 3.76. The Morgan fingerprint density at radius 2 is 1.83 bits per heavy atom. The normalized spacial score (nSPS) is 12.4. The number of carbonyl (C=O) groups excluding carboxylic acids is 1. The van der Waals surface area contributed by atoms with Crippen LogP contribution in [0.25, 0.3) is 10.9 Å². The SMILES string of the molecule is CC(C)(C)CC(C)(C)NC(=O)CCn1ncc(=O)c2ccccc21. The number of benzene rings is 1. The molecule has 0 aliphatic carbocycles. The number of hydrogen-bond donors (Lipinski definition) is 1.